The van der Waals surface area contributed by atoms with Gasteiger partial charge >= 0.3 is 0 Å². The molecule has 1 atom stereocenters. The number of carbonyl (C=O) groups excluding carboxylic acids is 1. The summed E-state index contributed by atoms with van der Waals surface area (Å²) in [5.74, 6) is 0.0125. The van der Waals surface area contributed by atoms with Crippen LogP contribution < -0.4 is 0 Å². The van der Waals surface area contributed by atoms with Crippen LogP contribution in [0.15, 0.2) is 12.3 Å². The van der Waals surface area contributed by atoms with Crippen molar-refractivity contribution in [2.75, 3.05) is 19.8 Å². The number of aromatic nitrogens is 3. The molecule has 0 N–H and O–H groups in total. The van der Waals surface area contributed by atoms with Crippen molar-refractivity contribution in [3.8, 4) is 0 Å². The minimum absolute atomic E-state index is 0.0125. The molecule has 0 spiro atoms. The largest absolute Gasteiger partial charge is 0.377 e. The lowest BCUT2D eigenvalue weighted by Gasteiger charge is -2.33. The van der Waals surface area contributed by atoms with E-state index in [2.05, 4.69) is 10.1 Å². The number of rotatable bonds is 1. The average molecular weight is 274 g/mol. The molecule has 0 aliphatic carbocycles. The first-order chi connectivity index (χ1) is 9.58. The van der Waals surface area contributed by atoms with Crippen molar-refractivity contribution < 1.29 is 9.53 Å². The molecule has 0 radical (unpaired) electrons. The van der Waals surface area contributed by atoms with Crippen LogP contribution in [0.3, 0.4) is 0 Å². The topological polar surface area (TPSA) is 60.2 Å². The number of nitrogens with zero attached hydrogens (tertiary/aromatic N) is 4. The summed E-state index contributed by atoms with van der Waals surface area (Å²) in [6.07, 6.45) is 1.63. The van der Waals surface area contributed by atoms with Gasteiger partial charge in [0.05, 0.1) is 30.5 Å². The molecule has 6 heteroatoms. The van der Waals surface area contributed by atoms with E-state index in [1.54, 1.807) is 10.9 Å². The van der Waals surface area contributed by atoms with Gasteiger partial charge < -0.3 is 9.64 Å². The smallest absolute Gasteiger partial charge is 0.255 e. The second-order valence-electron chi connectivity index (χ2n) is 5.23. The van der Waals surface area contributed by atoms with Crippen LogP contribution >= 0.6 is 0 Å². The predicted molar refractivity (Wildman–Crippen MR) is 74.6 cm³/mol. The molecule has 0 unspecified atom stereocenters. The van der Waals surface area contributed by atoms with E-state index in [1.165, 1.54) is 0 Å². The molecule has 3 rings (SSSR count). The van der Waals surface area contributed by atoms with Crippen molar-refractivity contribution in [2.45, 2.75) is 19.9 Å². The Morgan fingerprint density at radius 3 is 3.05 bits per heavy atom. The highest BCUT2D eigenvalue weighted by molar-refractivity contribution is 5.97. The van der Waals surface area contributed by atoms with Gasteiger partial charge in [0, 0.05) is 25.2 Å². The number of pyridine rings is 1. The van der Waals surface area contributed by atoms with Gasteiger partial charge in [-0.25, -0.2) is 4.98 Å². The molecule has 1 aliphatic heterocycles. The Bertz CT molecular complexity index is 664. The lowest BCUT2D eigenvalue weighted by atomic mass is 10.1. The fraction of sp³-hybridized carbons (Fsp3) is 0.500. The van der Waals surface area contributed by atoms with E-state index >= 15 is 0 Å². The zero-order valence-corrected chi connectivity index (χ0v) is 12.0. The van der Waals surface area contributed by atoms with Crippen molar-refractivity contribution in [3.05, 3.63) is 23.5 Å². The van der Waals surface area contributed by atoms with Gasteiger partial charge in [0.25, 0.3) is 5.91 Å². The molecule has 2 aromatic rings. The van der Waals surface area contributed by atoms with Crippen LogP contribution in [0.4, 0.5) is 0 Å². The maximum absolute atomic E-state index is 12.6. The molecule has 1 amide bonds. The first-order valence-electron chi connectivity index (χ1n) is 6.76. The summed E-state index contributed by atoms with van der Waals surface area (Å²) in [6, 6.07) is 1.98. The summed E-state index contributed by atoms with van der Waals surface area (Å²) in [7, 11) is 1.86. The van der Waals surface area contributed by atoms with E-state index in [9.17, 15) is 4.79 Å². The molecular formula is C14H18N4O2. The molecule has 20 heavy (non-hydrogen) atoms. The summed E-state index contributed by atoms with van der Waals surface area (Å²) in [6.45, 7) is 5.74. The minimum Gasteiger partial charge on any atom is -0.377 e. The monoisotopic (exact) mass is 274 g/mol. The molecule has 1 fully saturated rings. The number of fused-ring (bicyclic) bond motifs is 1. The zero-order chi connectivity index (χ0) is 14.3. The molecule has 0 bridgehead atoms. The Labute approximate surface area is 117 Å². The highest BCUT2D eigenvalue weighted by atomic mass is 16.5. The second kappa shape index (κ2) is 4.86. The average Bonchev–Trinajstić information content (AvgIpc) is 2.73. The van der Waals surface area contributed by atoms with E-state index < -0.39 is 0 Å². The third-order valence-electron chi connectivity index (χ3n) is 3.74. The van der Waals surface area contributed by atoms with Crippen molar-refractivity contribution in [1.82, 2.24) is 19.7 Å². The third-order valence-corrected chi connectivity index (χ3v) is 3.74. The number of morpholine rings is 1. The fourth-order valence-electron chi connectivity index (χ4n) is 2.62. The number of aryl methyl sites for hydroxylation is 2. The maximum atomic E-state index is 12.6. The van der Waals surface area contributed by atoms with E-state index in [-0.39, 0.29) is 11.9 Å². The van der Waals surface area contributed by atoms with E-state index in [0.717, 1.165) is 16.7 Å². The molecule has 2 aromatic heterocycles. The van der Waals surface area contributed by atoms with Crippen LogP contribution in [0.2, 0.25) is 0 Å². The molecule has 6 nitrogen and oxygen atoms in total. The Hall–Kier alpha value is -1.95. The van der Waals surface area contributed by atoms with Crippen molar-refractivity contribution in [1.29, 1.82) is 0 Å². The quantitative estimate of drug-likeness (QED) is 0.782. The van der Waals surface area contributed by atoms with Gasteiger partial charge in [-0.1, -0.05) is 0 Å². The first-order valence-corrected chi connectivity index (χ1v) is 6.76. The fourth-order valence-corrected chi connectivity index (χ4v) is 2.62. The van der Waals surface area contributed by atoms with Gasteiger partial charge in [-0.2, -0.15) is 5.10 Å². The summed E-state index contributed by atoms with van der Waals surface area (Å²) >= 11 is 0. The van der Waals surface area contributed by atoms with Gasteiger partial charge in [-0.3, -0.25) is 9.48 Å². The highest BCUT2D eigenvalue weighted by Gasteiger charge is 2.25. The van der Waals surface area contributed by atoms with E-state index in [4.69, 9.17) is 4.74 Å². The SMILES string of the molecule is Cc1nn(C)c2ncc(C(=O)N3CCOC[C@H]3C)cc12. The zero-order valence-electron chi connectivity index (χ0n) is 12.0. The lowest BCUT2D eigenvalue weighted by Crippen LogP contribution is -2.47. The normalized spacial score (nSPS) is 19.6. The number of amides is 1. The minimum atomic E-state index is 0.0125. The van der Waals surface area contributed by atoms with Gasteiger partial charge in [0.2, 0.25) is 0 Å². The molecule has 3 heterocycles. The Kier molecular flexibility index (Phi) is 3.17. The molecule has 1 saturated heterocycles. The van der Waals surface area contributed by atoms with Crippen molar-refractivity contribution >= 4 is 16.9 Å². The summed E-state index contributed by atoms with van der Waals surface area (Å²) in [5, 5.41) is 5.26. The Morgan fingerprint density at radius 1 is 1.50 bits per heavy atom. The van der Waals surface area contributed by atoms with Crippen LogP contribution in [0.25, 0.3) is 11.0 Å². The molecule has 0 aromatic carbocycles. The third kappa shape index (κ3) is 2.06. The first kappa shape index (κ1) is 13.1. The Balaban J connectivity index is 1.97. The summed E-state index contributed by atoms with van der Waals surface area (Å²) < 4.78 is 7.10. The van der Waals surface area contributed by atoms with Gasteiger partial charge in [-0.15, -0.1) is 0 Å². The second-order valence-corrected chi connectivity index (χ2v) is 5.23. The summed E-state index contributed by atoms with van der Waals surface area (Å²) in [5.41, 5.74) is 2.30. The molecule has 0 saturated carbocycles. The predicted octanol–water partition coefficient (Wildman–Crippen LogP) is 1.14. The Morgan fingerprint density at radius 2 is 2.30 bits per heavy atom. The molecular weight excluding hydrogens is 256 g/mol. The number of carbonyl (C=O) groups is 1. The molecule has 106 valence electrons. The highest BCUT2D eigenvalue weighted by Crippen LogP contribution is 2.19. The van der Waals surface area contributed by atoms with Crippen LogP contribution in [0.5, 0.6) is 0 Å². The van der Waals surface area contributed by atoms with Crippen LogP contribution in [0.1, 0.15) is 23.0 Å². The molecule has 1 aliphatic rings. The van der Waals surface area contributed by atoms with Gasteiger partial charge in [-0.05, 0) is 19.9 Å². The van der Waals surface area contributed by atoms with Gasteiger partial charge in [0.1, 0.15) is 0 Å². The van der Waals surface area contributed by atoms with Crippen LogP contribution in [-0.2, 0) is 11.8 Å². The maximum Gasteiger partial charge on any atom is 0.255 e. The van der Waals surface area contributed by atoms with E-state index in [1.807, 2.05) is 31.9 Å². The van der Waals surface area contributed by atoms with Crippen molar-refractivity contribution in [3.63, 3.8) is 0 Å². The van der Waals surface area contributed by atoms with E-state index in [0.29, 0.717) is 25.3 Å². The number of hydrogen-bond donors (Lipinski definition) is 0. The lowest BCUT2D eigenvalue weighted by molar-refractivity contribution is 0.00358. The summed E-state index contributed by atoms with van der Waals surface area (Å²) in [4.78, 5) is 18.8. The van der Waals surface area contributed by atoms with Crippen molar-refractivity contribution in [2.24, 2.45) is 7.05 Å². The van der Waals surface area contributed by atoms with Gasteiger partial charge in [0.15, 0.2) is 5.65 Å². The number of ether oxygens (including phenoxy) is 1. The van der Waals surface area contributed by atoms with Crippen LogP contribution in [0, 0.1) is 6.92 Å². The number of hydrogen-bond acceptors (Lipinski definition) is 4. The van der Waals surface area contributed by atoms with Crippen LogP contribution in [-0.4, -0.2) is 51.4 Å². The standard InChI is InChI=1S/C14H18N4O2/c1-9-8-20-5-4-18(9)14(19)11-6-12-10(2)16-17(3)13(12)15-7-11/h6-7,9H,4-5,8H2,1-3H3/t9-/m1/s1.